The third kappa shape index (κ3) is 1.76. The average Bonchev–Trinajstić information content (AvgIpc) is 2.51. The molecule has 0 unspecified atom stereocenters. The minimum atomic E-state index is 0.345. The Bertz CT molecular complexity index is 311. The molecule has 1 heterocycles. The first-order valence-electron chi connectivity index (χ1n) is 4.79. The van der Waals surface area contributed by atoms with Crippen molar-refractivity contribution >= 4 is 12.7 Å². The summed E-state index contributed by atoms with van der Waals surface area (Å²) >= 11 is 0. The Balaban J connectivity index is 2.05. The Morgan fingerprint density at radius 2 is 1.57 bits per heavy atom. The van der Waals surface area contributed by atoms with Crippen molar-refractivity contribution in [3.8, 4) is 0 Å². The van der Waals surface area contributed by atoms with Gasteiger partial charge in [0.25, 0.3) is 0 Å². The van der Waals surface area contributed by atoms with Crippen molar-refractivity contribution in [2.75, 3.05) is 14.1 Å². The molecular weight excluding hydrogens is 171 g/mol. The van der Waals surface area contributed by atoms with Gasteiger partial charge in [0.15, 0.2) is 0 Å². The summed E-state index contributed by atoms with van der Waals surface area (Å²) in [5.41, 5.74) is 1.26. The molecule has 2 rings (SSSR count). The summed E-state index contributed by atoms with van der Waals surface area (Å²) in [4.78, 5) is 4.38. The van der Waals surface area contributed by atoms with Gasteiger partial charge in [0.2, 0.25) is 7.28 Å². The summed E-state index contributed by atoms with van der Waals surface area (Å²) in [7, 11) is 6.42. The van der Waals surface area contributed by atoms with E-state index in [2.05, 4.69) is 67.8 Å². The van der Waals surface area contributed by atoms with Crippen LogP contribution in [0.5, 0.6) is 0 Å². The van der Waals surface area contributed by atoms with Crippen LogP contribution in [0.1, 0.15) is 0 Å². The third-order valence-electron chi connectivity index (χ3n) is 2.51. The van der Waals surface area contributed by atoms with Gasteiger partial charge >= 0.3 is 0 Å². The molecular formula is C11H14BN2. The minimum Gasteiger partial charge on any atom is -0.367 e. The monoisotopic (exact) mass is 185 g/mol. The van der Waals surface area contributed by atoms with E-state index < -0.39 is 0 Å². The zero-order valence-electron chi connectivity index (χ0n) is 8.59. The van der Waals surface area contributed by atoms with Gasteiger partial charge in [-0.2, -0.15) is 0 Å². The highest BCUT2D eigenvalue weighted by Gasteiger charge is 2.21. The van der Waals surface area contributed by atoms with Crippen molar-refractivity contribution in [2.45, 2.75) is 6.07 Å². The molecule has 0 bridgehead atoms. The Labute approximate surface area is 86.1 Å². The summed E-state index contributed by atoms with van der Waals surface area (Å²) < 4.78 is 0. The molecule has 3 heteroatoms. The lowest BCUT2D eigenvalue weighted by Crippen LogP contribution is -2.44. The van der Waals surface area contributed by atoms with Crippen LogP contribution in [0.3, 0.4) is 0 Å². The van der Waals surface area contributed by atoms with Crippen LogP contribution in [0.25, 0.3) is 0 Å². The van der Waals surface area contributed by atoms with Crippen LogP contribution in [0.15, 0.2) is 42.7 Å². The largest absolute Gasteiger partial charge is 0.367 e. The molecule has 1 aliphatic rings. The molecule has 0 aromatic heterocycles. The predicted octanol–water partition coefficient (Wildman–Crippen LogP) is 0.648. The number of nitrogens with zero attached hydrogens (tertiary/aromatic N) is 2. The highest BCUT2D eigenvalue weighted by atomic mass is 15.3. The molecule has 14 heavy (non-hydrogen) atoms. The van der Waals surface area contributed by atoms with Gasteiger partial charge in [0.05, 0.1) is 6.07 Å². The third-order valence-corrected chi connectivity index (χ3v) is 2.51. The van der Waals surface area contributed by atoms with E-state index in [0.29, 0.717) is 6.07 Å². The summed E-state index contributed by atoms with van der Waals surface area (Å²) in [5, 5.41) is 0. The molecule has 2 nitrogen and oxygen atoms in total. The summed E-state index contributed by atoms with van der Waals surface area (Å²) in [6, 6.07) is 10.8. The van der Waals surface area contributed by atoms with E-state index in [4.69, 9.17) is 0 Å². The molecule has 0 saturated heterocycles. The van der Waals surface area contributed by atoms with E-state index in [1.807, 2.05) is 6.07 Å². The van der Waals surface area contributed by atoms with Crippen LogP contribution in [-0.4, -0.2) is 37.2 Å². The molecule has 1 radical (unpaired) electrons. The molecule has 71 valence electrons. The fourth-order valence-corrected chi connectivity index (χ4v) is 1.65. The smallest absolute Gasteiger partial charge is 0.208 e. The van der Waals surface area contributed by atoms with Gasteiger partial charge in [-0.25, -0.2) is 0 Å². The number of hydrogen-bond donors (Lipinski definition) is 0. The topological polar surface area (TPSA) is 6.48 Å². The fraction of sp³-hybridized carbons (Fsp3) is 0.273. The lowest BCUT2D eigenvalue weighted by Gasteiger charge is -2.27. The van der Waals surface area contributed by atoms with Gasteiger partial charge in [0, 0.05) is 26.5 Å². The normalized spacial score (nSPS) is 16.4. The Kier molecular flexibility index (Phi) is 2.48. The van der Waals surface area contributed by atoms with E-state index in [1.165, 1.54) is 5.46 Å². The summed E-state index contributed by atoms with van der Waals surface area (Å²) in [6.45, 7) is 0. The molecule has 0 aliphatic carbocycles. The first kappa shape index (κ1) is 9.19. The van der Waals surface area contributed by atoms with Gasteiger partial charge in [0.1, 0.15) is 0 Å². The van der Waals surface area contributed by atoms with Crippen molar-refractivity contribution < 1.29 is 0 Å². The van der Waals surface area contributed by atoms with Gasteiger partial charge in [-0.3, -0.25) is 0 Å². The molecule has 1 aliphatic heterocycles. The van der Waals surface area contributed by atoms with E-state index >= 15 is 0 Å². The fourth-order valence-electron chi connectivity index (χ4n) is 1.65. The van der Waals surface area contributed by atoms with Crippen LogP contribution >= 0.6 is 0 Å². The van der Waals surface area contributed by atoms with Gasteiger partial charge in [-0.15, -0.1) is 0 Å². The van der Waals surface area contributed by atoms with E-state index in [9.17, 15) is 0 Å². The van der Waals surface area contributed by atoms with Crippen molar-refractivity contribution in [1.29, 1.82) is 0 Å². The van der Waals surface area contributed by atoms with Gasteiger partial charge < -0.3 is 9.80 Å². The van der Waals surface area contributed by atoms with Crippen LogP contribution in [0.4, 0.5) is 0 Å². The van der Waals surface area contributed by atoms with Gasteiger partial charge in [-0.1, -0.05) is 35.8 Å². The van der Waals surface area contributed by atoms with Crippen molar-refractivity contribution in [3.05, 3.63) is 42.7 Å². The van der Waals surface area contributed by atoms with Crippen molar-refractivity contribution in [3.63, 3.8) is 0 Å². The second kappa shape index (κ2) is 3.78. The molecule has 0 saturated carbocycles. The molecule has 0 atom stereocenters. The molecule has 0 spiro atoms. The van der Waals surface area contributed by atoms with Crippen LogP contribution in [0, 0.1) is 0 Å². The summed E-state index contributed by atoms with van der Waals surface area (Å²) in [6.07, 6.45) is 4.17. The highest BCUT2D eigenvalue weighted by molar-refractivity contribution is 6.55. The van der Waals surface area contributed by atoms with Crippen LogP contribution < -0.4 is 5.46 Å². The highest BCUT2D eigenvalue weighted by Crippen LogP contribution is 2.09. The number of rotatable bonds is 2. The van der Waals surface area contributed by atoms with Crippen LogP contribution in [-0.2, 0) is 0 Å². The lowest BCUT2D eigenvalue weighted by molar-refractivity contribution is 0.290. The molecule has 1 aromatic carbocycles. The van der Waals surface area contributed by atoms with Gasteiger partial charge in [-0.05, 0) is 0 Å². The second-order valence-corrected chi connectivity index (χ2v) is 3.62. The van der Waals surface area contributed by atoms with E-state index in [-0.39, 0.29) is 0 Å². The first-order valence-corrected chi connectivity index (χ1v) is 4.79. The van der Waals surface area contributed by atoms with E-state index in [0.717, 1.165) is 0 Å². The number of benzene rings is 1. The maximum Gasteiger partial charge on any atom is 0.208 e. The Morgan fingerprint density at radius 1 is 1.00 bits per heavy atom. The van der Waals surface area contributed by atoms with E-state index in [1.54, 1.807) is 0 Å². The zero-order valence-corrected chi connectivity index (χ0v) is 8.59. The van der Waals surface area contributed by atoms with Crippen molar-refractivity contribution in [2.24, 2.45) is 0 Å². The predicted molar refractivity (Wildman–Crippen MR) is 60.3 cm³/mol. The minimum absolute atomic E-state index is 0.345. The lowest BCUT2D eigenvalue weighted by atomic mass is 9.66. The molecule has 0 fully saturated rings. The average molecular weight is 185 g/mol. The Hall–Kier alpha value is -1.38. The molecule has 0 amide bonds. The Morgan fingerprint density at radius 3 is 2.14 bits per heavy atom. The van der Waals surface area contributed by atoms with Crippen LogP contribution in [0.2, 0.25) is 0 Å². The SMILES string of the molecule is CN1C=CN(C)C1[B]c1ccccc1. The first-order chi connectivity index (χ1) is 6.77. The maximum absolute atomic E-state index is 2.25. The molecule has 1 aromatic rings. The maximum atomic E-state index is 2.25. The quantitative estimate of drug-likeness (QED) is 0.624. The standard InChI is InChI=1S/C11H14BN2/c1-13-8-9-14(2)11(13)12-10-6-4-3-5-7-10/h3-9,11H,1-2H3. The number of hydrogen-bond acceptors (Lipinski definition) is 2. The zero-order chi connectivity index (χ0) is 9.97. The van der Waals surface area contributed by atoms with Crippen molar-refractivity contribution in [1.82, 2.24) is 9.80 Å². The second-order valence-electron chi connectivity index (χ2n) is 3.62. The summed E-state index contributed by atoms with van der Waals surface area (Å²) in [5.74, 6) is 0. The molecule has 0 N–H and O–H groups in total.